The summed E-state index contributed by atoms with van der Waals surface area (Å²) in [5, 5.41) is 10.5. The number of amides is 3. The van der Waals surface area contributed by atoms with Gasteiger partial charge in [0.25, 0.3) is 5.91 Å². The number of hydrogen-bond donors (Lipinski definition) is 2. The molecule has 1 fully saturated rings. The molecule has 0 bridgehead atoms. The molecule has 1 saturated heterocycles. The second-order valence-electron chi connectivity index (χ2n) is 4.54. The SMILES string of the molecule is CC1CN(C)CCN1C(=O)NC(=O)COCC(=O)O. The Bertz CT molecular complexity index is 360. The molecule has 1 heterocycles. The van der Waals surface area contributed by atoms with Crippen LogP contribution in [0.15, 0.2) is 0 Å². The number of hydrogen-bond acceptors (Lipinski definition) is 5. The predicted octanol–water partition coefficient (Wildman–Crippen LogP) is -1.04. The van der Waals surface area contributed by atoms with Crippen LogP contribution in [0, 0.1) is 0 Å². The largest absolute Gasteiger partial charge is 0.480 e. The van der Waals surface area contributed by atoms with Gasteiger partial charge in [-0.3, -0.25) is 10.1 Å². The first-order valence-corrected chi connectivity index (χ1v) is 5.98. The first kappa shape index (κ1) is 15.4. The molecule has 0 radical (unpaired) electrons. The summed E-state index contributed by atoms with van der Waals surface area (Å²) in [4.78, 5) is 37.1. The summed E-state index contributed by atoms with van der Waals surface area (Å²) in [6, 6.07) is -0.448. The van der Waals surface area contributed by atoms with E-state index in [2.05, 4.69) is 15.0 Å². The number of carboxylic acids is 1. The molecule has 1 unspecified atom stereocenters. The van der Waals surface area contributed by atoms with Crippen LogP contribution < -0.4 is 5.32 Å². The molecule has 108 valence electrons. The van der Waals surface area contributed by atoms with Gasteiger partial charge in [-0.15, -0.1) is 0 Å². The number of nitrogens with zero attached hydrogens (tertiary/aromatic N) is 2. The Hall–Kier alpha value is -1.67. The molecule has 1 atom stereocenters. The van der Waals surface area contributed by atoms with Crippen molar-refractivity contribution in [1.29, 1.82) is 0 Å². The lowest BCUT2D eigenvalue weighted by Gasteiger charge is -2.37. The van der Waals surface area contributed by atoms with Gasteiger partial charge in [-0.1, -0.05) is 0 Å². The van der Waals surface area contributed by atoms with Crippen LogP contribution in [0.2, 0.25) is 0 Å². The quantitative estimate of drug-likeness (QED) is 0.679. The molecule has 8 heteroatoms. The van der Waals surface area contributed by atoms with Gasteiger partial charge < -0.3 is 19.6 Å². The lowest BCUT2D eigenvalue weighted by atomic mass is 10.2. The predicted molar refractivity (Wildman–Crippen MR) is 65.7 cm³/mol. The topological polar surface area (TPSA) is 99.2 Å². The minimum Gasteiger partial charge on any atom is -0.480 e. The zero-order chi connectivity index (χ0) is 14.4. The van der Waals surface area contributed by atoms with E-state index in [0.717, 1.165) is 13.1 Å². The summed E-state index contributed by atoms with van der Waals surface area (Å²) in [7, 11) is 1.97. The molecule has 1 rings (SSSR count). The van der Waals surface area contributed by atoms with Crippen molar-refractivity contribution in [1.82, 2.24) is 15.1 Å². The van der Waals surface area contributed by atoms with Crippen LogP contribution in [0.25, 0.3) is 0 Å². The molecular weight excluding hydrogens is 254 g/mol. The molecular formula is C11H19N3O5. The molecule has 0 aromatic rings. The number of likely N-dealkylation sites (N-methyl/N-ethyl adjacent to an activating group) is 1. The molecule has 0 aromatic carbocycles. The number of urea groups is 1. The van der Waals surface area contributed by atoms with Crippen LogP contribution in [0.3, 0.4) is 0 Å². The number of ether oxygens (including phenoxy) is 1. The maximum Gasteiger partial charge on any atom is 0.329 e. The van der Waals surface area contributed by atoms with Crippen LogP contribution in [0.1, 0.15) is 6.92 Å². The van der Waals surface area contributed by atoms with Crippen molar-refractivity contribution >= 4 is 17.9 Å². The fourth-order valence-electron chi connectivity index (χ4n) is 1.90. The number of nitrogens with one attached hydrogen (secondary N) is 1. The highest BCUT2D eigenvalue weighted by atomic mass is 16.5. The van der Waals surface area contributed by atoms with Gasteiger partial charge in [-0.05, 0) is 14.0 Å². The van der Waals surface area contributed by atoms with Crippen molar-refractivity contribution in [3.8, 4) is 0 Å². The van der Waals surface area contributed by atoms with Gasteiger partial charge in [0.1, 0.15) is 13.2 Å². The van der Waals surface area contributed by atoms with Crippen molar-refractivity contribution < 1.29 is 24.2 Å². The molecule has 2 N–H and O–H groups in total. The molecule has 8 nitrogen and oxygen atoms in total. The molecule has 0 aliphatic carbocycles. The average Bonchev–Trinajstić information content (AvgIpc) is 2.27. The van der Waals surface area contributed by atoms with Gasteiger partial charge in [0.05, 0.1) is 0 Å². The summed E-state index contributed by atoms with van der Waals surface area (Å²) in [6.45, 7) is 2.94. The number of carboxylic acid groups (broad SMARTS) is 1. The van der Waals surface area contributed by atoms with E-state index >= 15 is 0 Å². The Morgan fingerprint density at radius 2 is 2.00 bits per heavy atom. The van der Waals surface area contributed by atoms with E-state index in [1.165, 1.54) is 0 Å². The van der Waals surface area contributed by atoms with Crippen molar-refractivity contribution in [3.05, 3.63) is 0 Å². The molecule has 0 saturated carbocycles. The van der Waals surface area contributed by atoms with Crippen LogP contribution in [0.4, 0.5) is 4.79 Å². The first-order chi connectivity index (χ1) is 8.90. The third kappa shape index (κ3) is 5.23. The van der Waals surface area contributed by atoms with Gasteiger partial charge >= 0.3 is 12.0 Å². The van der Waals surface area contributed by atoms with E-state index < -0.39 is 31.1 Å². The third-order valence-electron chi connectivity index (χ3n) is 2.80. The van der Waals surface area contributed by atoms with E-state index in [-0.39, 0.29) is 6.04 Å². The van der Waals surface area contributed by atoms with E-state index in [0.29, 0.717) is 6.54 Å². The van der Waals surface area contributed by atoms with Crippen molar-refractivity contribution in [2.24, 2.45) is 0 Å². The Balaban J connectivity index is 2.33. The third-order valence-corrected chi connectivity index (χ3v) is 2.80. The standard InChI is InChI=1S/C11H19N3O5/c1-8-5-13(2)3-4-14(8)11(18)12-9(15)6-19-7-10(16)17/h8H,3-7H2,1-2H3,(H,16,17)(H,12,15,18). The average molecular weight is 273 g/mol. The van der Waals surface area contributed by atoms with Gasteiger partial charge in [0, 0.05) is 25.7 Å². The number of carbonyl (C=O) groups excluding carboxylic acids is 2. The maximum absolute atomic E-state index is 11.8. The Kier molecular flexibility index (Phi) is 5.71. The zero-order valence-electron chi connectivity index (χ0n) is 11.1. The number of aliphatic carboxylic acids is 1. The van der Waals surface area contributed by atoms with Gasteiger partial charge in [0.15, 0.2) is 0 Å². The summed E-state index contributed by atoms with van der Waals surface area (Å²) in [6.07, 6.45) is 0. The van der Waals surface area contributed by atoms with Gasteiger partial charge in [0.2, 0.25) is 0 Å². The second-order valence-corrected chi connectivity index (χ2v) is 4.54. The minimum absolute atomic E-state index is 0.0199. The Morgan fingerprint density at radius 1 is 1.32 bits per heavy atom. The highest BCUT2D eigenvalue weighted by molar-refractivity contribution is 5.95. The summed E-state index contributed by atoms with van der Waals surface area (Å²) in [5.41, 5.74) is 0. The monoisotopic (exact) mass is 273 g/mol. The Labute approximate surface area is 111 Å². The molecule has 0 aromatic heterocycles. The fraction of sp³-hybridized carbons (Fsp3) is 0.727. The molecule has 0 spiro atoms. The molecule has 19 heavy (non-hydrogen) atoms. The summed E-state index contributed by atoms with van der Waals surface area (Å²) < 4.78 is 4.60. The normalized spacial score (nSPS) is 20.1. The number of piperazine rings is 1. The smallest absolute Gasteiger partial charge is 0.329 e. The molecule has 3 amide bonds. The van der Waals surface area contributed by atoms with Gasteiger partial charge in [-0.2, -0.15) is 0 Å². The van der Waals surface area contributed by atoms with E-state index in [1.54, 1.807) is 4.90 Å². The number of rotatable bonds is 4. The number of carbonyl (C=O) groups is 3. The fourth-order valence-corrected chi connectivity index (χ4v) is 1.90. The van der Waals surface area contributed by atoms with Crippen molar-refractivity contribution in [2.45, 2.75) is 13.0 Å². The highest BCUT2D eigenvalue weighted by Crippen LogP contribution is 2.07. The van der Waals surface area contributed by atoms with E-state index in [1.807, 2.05) is 14.0 Å². The van der Waals surface area contributed by atoms with Crippen LogP contribution in [-0.2, 0) is 14.3 Å². The van der Waals surface area contributed by atoms with Gasteiger partial charge in [-0.25, -0.2) is 9.59 Å². The zero-order valence-corrected chi connectivity index (χ0v) is 11.1. The van der Waals surface area contributed by atoms with E-state index in [9.17, 15) is 14.4 Å². The van der Waals surface area contributed by atoms with E-state index in [4.69, 9.17) is 5.11 Å². The van der Waals surface area contributed by atoms with Crippen LogP contribution >= 0.6 is 0 Å². The lowest BCUT2D eigenvalue weighted by molar-refractivity contribution is -0.143. The van der Waals surface area contributed by atoms with Crippen LogP contribution in [0.5, 0.6) is 0 Å². The highest BCUT2D eigenvalue weighted by Gasteiger charge is 2.26. The maximum atomic E-state index is 11.8. The Morgan fingerprint density at radius 3 is 2.58 bits per heavy atom. The molecule has 1 aliphatic rings. The first-order valence-electron chi connectivity index (χ1n) is 5.98. The van der Waals surface area contributed by atoms with Crippen LogP contribution in [-0.4, -0.2) is 78.8 Å². The lowest BCUT2D eigenvalue weighted by Crippen LogP contribution is -2.56. The number of imide groups is 1. The summed E-state index contributed by atoms with van der Waals surface area (Å²) >= 11 is 0. The summed E-state index contributed by atoms with van der Waals surface area (Å²) in [5.74, 6) is -1.80. The second kappa shape index (κ2) is 7.05. The molecule has 1 aliphatic heterocycles. The minimum atomic E-state index is -1.16. The van der Waals surface area contributed by atoms with Crippen molar-refractivity contribution in [3.63, 3.8) is 0 Å². The van der Waals surface area contributed by atoms with Crippen molar-refractivity contribution in [2.75, 3.05) is 39.9 Å².